The molecule has 0 unspecified atom stereocenters. The van der Waals surface area contributed by atoms with Crippen molar-refractivity contribution < 1.29 is 14.5 Å². The number of amides is 2. The van der Waals surface area contributed by atoms with Crippen LogP contribution in [-0.2, 0) is 0 Å². The first-order chi connectivity index (χ1) is 15.9. The van der Waals surface area contributed by atoms with Crippen molar-refractivity contribution >= 4 is 40.5 Å². The minimum absolute atomic E-state index is 0.0590. The zero-order chi connectivity index (χ0) is 23.4. The van der Waals surface area contributed by atoms with E-state index in [0.29, 0.717) is 53.7 Å². The number of nitrogens with one attached hydrogen (secondary N) is 1. The van der Waals surface area contributed by atoms with Gasteiger partial charge in [0.25, 0.3) is 17.5 Å². The lowest BCUT2D eigenvalue weighted by molar-refractivity contribution is -0.384. The molecule has 1 saturated heterocycles. The van der Waals surface area contributed by atoms with Crippen LogP contribution in [0.4, 0.5) is 17.1 Å². The molecule has 33 heavy (non-hydrogen) atoms. The second-order valence-electron chi connectivity index (χ2n) is 7.54. The largest absolute Gasteiger partial charge is 0.362 e. The summed E-state index contributed by atoms with van der Waals surface area (Å²) in [5.41, 5.74) is 1.75. The lowest BCUT2D eigenvalue weighted by Crippen LogP contribution is -2.49. The Balaban J connectivity index is 1.47. The number of anilines is 2. The highest BCUT2D eigenvalue weighted by molar-refractivity contribution is 6.30. The van der Waals surface area contributed by atoms with Crippen LogP contribution in [0.25, 0.3) is 0 Å². The Hall–Kier alpha value is -3.91. The molecule has 0 aliphatic carbocycles. The predicted octanol–water partition coefficient (Wildman–Crippen LogP) is 4.46. The lowest BCUT2D eigenvalue weighted by atomic mass is 10.1. The van der Waals surface area contributed by atoms with E-state index >= 15 is 0 Å². The van der Waals surface area contributed by atoms with Crippen molar-refractivity contribution in [3.8, 4) is 0 Å². The molecule has 0 saturated carbocycles. The van der Waals surface area contributed by atoms with Gasteiger partial charge in [0.05, 0.1) is 16.2 Å². The van der Waals surface area contributed by atoms with Gasteiger partial charge in [-0.15, -0.1) is 0 Å². The van der Waals surface area contributed by atoms with Gasteiger partial charge in [0.1, 0.15) is 5.69 Å². The highest BCUT2D eigenvalue weighted by atomic mass is 35.5. The van der Waals surface area contributed by atoms with E-state index in [9.17, 15) is 19.7 Å². The molecule has 3 aromatic carbocycles. The van der Waals surface area contributed by atoms with Gasteiger partial charge < -0.3 is 15.1 Å². The fraction of sp³-hybridized carbons (Fsp3) is 0.167. The summed E-state index contributed by atoms with van der Waals surface area (Å²) in [5, 5.41) is 14.5. The number of carbonyl (C=O) groups excluding carboxylic acids is 2. The first-order valence-corrected chi connectivity index (χ1v) is 10.8. The smallest absolute Gasteiger partial charge is 0.294 e. The topological polar surface area (TPSA) is 95.8 Å². The molecule has 0 radical (unpaired) electrons. The van der Waals surface area contributed by atoms with Gasteiger partial charge in [-0.25, -0.2) is 0 Å². The number of nitrogens with zero attached hydrogens (tertiary/aromatic N) is 3. The lowest BCUT2D eigenvalue weighted by Gasteiger charge is -2.36. The number of halogens is 1. The van der Waals surface area contributed by atoms with Gasteiger partial charge in [0.2, 0.25) is 0 Å². The Morgan fingerprint density at radius 2 is 1.58 bits per heavy atom. The second kappa shape index (κ2) is 9.70. The van der Waals surface area contributed by atoms with Gasteiger partial charge in [-0.1, -0.05) is 41.9 Å². The summed E-state index contributed by atoms with van der Waals surface area (Å²) in [4.78, 5) is 40.3. The minimum Gasteiger partial charge on any atom is -0.362 e. The summed E-state index contributed by atoms with van der Waals surface area (Å²) >= 11 is 5.92. The molecule has 0 aromatic heterocycles. The molecule has 1 aliphatic heterocycles. The molecule has 9 heteroatoms. The highest BCUT2D eigenvalue weighted by Gasteiger charge is 2.27. The van der Waals surface area contributed by atoms with E-state index in [1.807, 2.05) is 11.0 Å². The molecule has 8 nitrogen and oxygen atoms in total. The molecule has 1 N–H and O–H groups in total. The Morgan fingerprint density at radius 3 is 2.27 bits per heavy atom. The van der Waals surface area contributed by atoms with Gasteiger partial charge in [0.15, 0.2) is 0 Å². The fourth-order valence-electron chi connectivity index (χ4n) is 3.79. The molecule has 4 rings (SSSR count). The summed E-state index contributed by atoms with van der Waals surface area (Å²) in [6.45, 7) is 1.65. The van der Waals surface area contributed by atoms with E-state index in [0.717, 1.165) is 0 Å². The van der Waals surface area contributed by atoms with Crippen molar-refractivity contribution in [3.63, 3.8) is 0 Å². The summed E-state index contributed by atoms with van der Waals surface area (Å²) in [7, 11) is 0. The number of nitro groups is 1. The summed E-state index contributed by atoms with van der Waals surface area (Å²) in [5.74, 6) is -0.500. The molecule has 0 atom stereocenters. The van der Waals surface area contributed by atoms with Crippen LogP contribution in [0.1, 0.15) is 20.7 Å². The van der Waals surface area contributed by atoms with E-state index in [2.05, 4.69) is 5.32 Å². The normalized spacial score (nSPS) is 13.5. The van der Waals surface area contributed by atoms with Gasteiger partial charge >= 0.3 is 0 Å². The Bertz CT molecular complexity index is 1190. The zero-order valence-corrected chi connectivity index (χ0v) is 18.4. The quantitative estimate of drug-likeness (QED) is 0.444. The maximum Gasteiger partial charge on any atom is 0.294 e. The van der Waals surface area contributed by atoms with Crippen molar-refractivity contribution in [2.75, 3.05) is 36.4 Å². The number of para-hydroxylation sites is 1. The Kier molecular flexibility index (Phi) is 6.55. The molecule has 2 amide bonds. The fourth-order valence-corrected chi connectivity index (χ4v) is 3.96. The van der Waals surface area contributed by atoms with Gasteiger partial charge in [-0.2, -0.15) is 0 Å². The van der Waals surface area contributed by atoms with E-state index in [-0.39, 0.29) is 17.5 Å². The van der Waals surface area contributed by atoms with Crippen molar-refractivity contribution in [2.24, 2.45) is 0 Å². The molecular formula is C24H21ClN4O4. The van der Waals surface area contributed by atoms with Crippen LogP contribution in [0.2, 0.25) is 5.02 Å². The molecule has 0 spiro atoms. The predicted molar refractivity (Wildman–Crippen MR) is 127 cm³/mol. The van der Waals surface area contributed by atoms with Crippen LogP contribution >= 0.6 is 11.6 Å². The SMILES string of the molecule is O=C(Nc1ccccc1C(=O)N1CCN(c2ccc(Cl)cc2[N+](=O)[O-])CC1)c1ccccc1. The summed E-state index contributed by atoms with van der Waals surface area (Å²) in [6.07, 6.45) is 0. The maximum atomic E-state index is 13.2. The molecular weight excluding hydrogens is 444 g/mol. The van der Waals surface area contributed by atoms with Crippen molar-refractivity contribution in [2.45, 2.75) is 0 Å². The number of hydrogen-bond donors (Lipinski definition) is 1. The first kappa shape index (κ1) is 22.3. The van der Waals surface area contributed by atoms with E-state index in [4.69, 9.17) is 11.6 Å². The summed E-state index contributed by atoms with van der Waals surface area (Å²) < 4.78 is 0. The van der Waals surface area contributed by atoms with E-state index < -0.39 is 4.92 Å². The third kappa shape index (κ3) is 4.96. The highest BCUT2D eigenvalue weighted by Crippen LogP contribution is 2.32. The average Bonchev–Trinajstić information content (AvgIpc) is 2.84. The molecule has 1 fully saturated rings. The number of rotatable bonds is 5. The van der Waals surface area contributed by atoms with E-state index in [1.54, 1.807) is 65.6 Å². The molecule has 0 bridgehead atoms. The number of nitro benzene ring substituents is 1. The Labute approximate surface area is 195 Å². The van der Waals surface area contributed by atoms with Crippen molar-refractivity contribution in [1.82, 2.24) is 4.90 Å². The van der Waals surface area contributed by atoms with Gasteiger partial charge in [-0.3, -0.25) is 19.7 Å². The number of piperazine rings is 1. The van der Waals surface area contributed by atoms with Crippen molar-refractivity contribution in [3.05, 3.63) is 99.1 Å². The third-order valence-electron chi connectivity index (χ3n) is 5.48. The van der Waals surface area contributed by atoms with Crippen LogP contribution in [0.15, 0.2) is 72.8 Å². The number of carbonyl (C=O) groups is 2. The van der Waals surface area contributed by atoms with Crippen LogP contribution in [0.5, 0.6) is 0 Å². The number of benzene rings is 3. The van der Waals surface area contributed by atoms with Crippen LogP contribution < -0.4 is 10.2 Å². The standard InChI is InChI=1S/C24H21ClN4O4/c25-18-10-11-21(22(16-18)29(32)33)27-12-14-28(15-13-27)24(31)19-8-4-5-9-20(19)26-23(30)17-6-2-1-3-7-17/h1-11,16H,12-15H2,(H,26,30). The molecule has 3 aromatic rings. The number of hydrogen-bond acceptors (Lipinski definition) is 5. The molecule has 1 heterocycles. The van der Waals surface area contributed by atoms with Crippen LogP contribution in [-0.4, -0.2) is 47.8 Å². The van der Waals surface area contributed by atoms with Gasteiger partial charge in [-0.05, 0) is 36.4 Å². The molecule has 1 aliphatic rings. The molecule has 168 valence electrons. The second-order valence-corrected chi connectivity index (χ2v) is 7.97. The summed E-state index contributed by atoms with van der Waals surface area (Å²) in [6, 6.07) is 20.2. The van der Waals surface area contributed by atoms with Crippen LogP contribution in [0.3, 0.4) is 0 Å². The minimum atomic E-state index is -0.454. The zero-order valence-electron chi connectivity index (χ0n) is 17.6. The maximum absolute atomic E-state index is 13.2. The van der Waals surface area contributed by atoms with Crippen LogP contribution in [0, 0.1) is 10.1 Å². The van der Waals surface area contributed by atoms with E-state index in [1.165, 1.54) is 6.07 Å². The first-order valence-electron chi connectivity index (χ1n) is 10.4. The van der Waals surface area contributed by atoms with Crippen molar-refractivity contribution in [1.29, 1.82) is 0 Å². The third-order valence-corrected chi connectivity index (χ3v) is 5.72. The monoisotopic (exact) mass is 464 g/mol. The van der Waals surface area contributed by atoms with Gasteiger partial charge in [0, 0.05) is 42.8 Å². The average molecular weight is 465 g/mol. The Morgan fingerprint density at radius 1 is 0.909 bits per heavy atom.